The molecule has 0 radical (unpaired) electrons. The van der Waals surface area contributed by atoms with Crippen molar-refractivity contribution in [3.05, 3.63) is 88.9 Å². The number of benzene rings is 3. The number of fused-ring (bicyclic) bond motifs is 2. The number of carbonyl (C=O) groups excluding carboxylic acids is 3. The molecule has 0 bridgehead atoms. The first-order valence-corrected chi connectivity index (χ1v) is 14.1. The first-order valence-electron chi connectivity index (χ1n) is 14.1. The number of nitrogens with zero attached hydrogens (tertiary/aromatic N) is 3. The zero-order chi connectivity index (χ0) is 31.8. The van der Waals surface area contributed by atoms with Gasteiger partial charge in [0.25, 0.3) is 5.91 Å². The Morgan fingerprint density at radius 1 is 0.955 bits per heavy atom. The lowest BCUT2D eigenvalue weighted by Gasteiger charge is -2.27. The molecule has 2 heterocycles. The molecule has 0 aliphatic carbocycles. The number of nitrogens with two attached hydrogens (primary N) is 1. The number of hydrogen-bond acceptors (Lipinski definition) is 8. The molecule has 3 N–H and O–H groups in total. The van der Waals surface area contributed by atoms with E-state index in [0.717, 1.165) is 11.1 Å². The van der Waals surface area contributed by atoms with Crippen LogP contribution in [-0.2, 0) is 34.0 Å². The molecule has 11 heteroatoms. The Balaban J connectivity index is 1.42. The van der Waals surface area contributed by atoms with Gasteiger partial charge in [0, 0.05) is 18.5 Å². The first-order chi connectivity index (χ1) is 20.7. The van der Waals surface area contributed by atoms with E-state index in [-0.39, 0.29) is 24.2 Å². The molecule has 0 saturated carbocycles. The lowest BCUT2D eigenvalue weighted by molar-refractivity contribution is -0.151. The summed E-state index contributed by atoms with van der Waals surface area (Å²) in [4.78, 5) is 49.2. The summed E-state index contributed by atoms with van der Waals surface area (Å²) in [6, 6.07) is 17.1. The lowest BCUT2D eigenvalue weighted by Crippen LogP contribution is -2.51. The number of amides is 2. The Bertz CT molecular complexity index is 1760. The number of anilines is 1. The van der Waals surface area contributed by atoms with Gasteiger partial charge >= 0.3 is 12.1 Å². The number of nitrogen functional groups attached to an aromatic ring is 1. The zero-order valence-corrected chi connectivity index (χ0v) is 25.2. The maximum atomic E-state index is 14.5. The highest BCUT2D eigenvalue weighted by atomic mass is 19.1. The van der Waals surface area contributed by atoms with E-state index >= 15 is 0 Å². The van der Waals surface area contributed by atoms with Crippen LogP contribution in [0.5, 0.6) is 0 Å². The number of halogens is 1. The fourth-order valence-corrected chi connectivity index (χ4v) is 4.98. The van der Waals surface area contributed by atoms with Gasteiger partial charge in [-0.05, 0) is 86.7 Å². The van der Waals surface area contributed by atoms with E-state index in [0.29, 0.717) is 40.7 Å². The molecule has 228 valence electrons. The van der Waals surface area contributed by atoms with Crippen LogP contribution in [0.2, 0.25) is 0 Å². The summed E-state index contributed by atoms with van der Waals surface area (Å²) in [5.41, 5.74) is 8.08. The number of nitrogens with one attached hydrogen (secondary N) is 1. The van der Waals surface area contributed by atoms with Crippen LogP contribution in [0.25, 0.3) is 22.0 Å². The molecule has 5 rings (SSSR count). The van der Waals surface area contributed by atoms with Crippen molar-refractivity contribution < 1.29 is 28.2 Å². The average Bonchev–Trinajstić information content (AvgIpc) is 3.38. The predicted octanol–water partition coefficient (Wildman–Crippen LogP) is 5.52. The van der Waals surface area contributed by atoms with E-state index in [1.807, 2.05) is 24.3 Å². The summed E-state index contributed by atoms with van der Waals surface area (Å²) < 4.78 is 25.3. The van der Waals surface area contributed by atoms with Crippen LogP contribution in [0.4, 0.5) is 15.1 Å². The molecule has 4 aromatic rings. The minimum absolute atomic E-state index is 0.0359. The highest BCUT2D eigenvalue weighted by molar-refractivity contribution is 6.06. The zero-order valence-electron chi connectivity index (χ0n) is 25.2. The van der Waals surface area contributed by atoms with Crippen LogP contribution in [0.15, 0.2) is 60.7 Å². The van der Waals surface area contributed by atoms with Crippen molar-refractivity contribution in [2.75, 3.05) is 5.73 Å². The van der Waals surface area contributed by atoms with Crippen LogP contribution in [0, 0.1) is 5.82 Å². The summed E-state index contributed by atoms with van der Waals surface area (Å²) in [6.45, 7) is 8.82. The van der Waals surface area contributed by atoms with E-state index in [4.69, 9.17) is 15.2 Å². The van der Waals surface area contributed by atoms with Gasteiger partial charge in [-0.3, -0.25) is 4.79 Å². The summed E-state index contributed by atoms with van der Waals surface area (Å²) >= 11 is 0. The molecule has 0 fully saturated rings. The van der Waals surface area contributed by atoms with Crippen molar-refractivity contribution in [3.63, 3.8) is 0 Å². The van der Waals surface area contributed by atoms with Crippen molar-refractivity contribution in [3.8, 4) is 11.1 Å². The number of aromatic nitrogens is 2. The third kappa shape index (κ3) is 6.61. The molecule has 1 aliphatic heterocycles. The Morgan fingerprint density at radius 2 is 1.64 bits per heavy atom. The van der Waals surface area contributed by atoms with Gasteiger partial charge in [0.15, 0.2) is 0 Å². The summed E-state index contributed by atoms with van der Waals surface area (Å²) in [5, 5.41) is 2.97. The minimum atomic E-state index is -1.40. The Labute approximate surface area is 254 Å². The fourth-order valence-electron chi connectivity index (χ4n) is 4.98. The normalized spacial score (nSPS) is 13.0. The molecule has 0 saturated heterocycles. The molecule has 3 aromatic carbocycles. The van der Waals surface area contributed by atoms with Crippen molar-refractivity contribution in [1.82, 2.24) is 20.2 Å². The highest BCUT2D eigenvalue weighted by Gasteiger charge is 2.33. The topological polar surface area (TPSA) is 137 Å². The van der Waals surface area contributed by atoms with E-state index in [1.165, 1.54) is 32.0 Å². The second-order valence-corrected chi connectivity index (χ2v) is 12.2. The van der Waals surface area contributed by atoms with Crippen molar-refractivity contribution in [1.29, 1.82) is 0 Å². The second-order valence-electron chi connectivity index (χ2n) is 12.2. The smallest absolute Gasteiger partial charge is 0.408 e. The van der Waals surface area contributed by atoms with Gasteiger partial charge in [0.05, 0.1) is 5.52 Å². The number of rotatable bonds is 6. The van der Waals surface area contributed by atoms with Crippen LogP contribution in [-0.4, -0.2) is 44.0 Å². The number of carbonyl (C=O) groups is 3. The number of hydrogen-bond donors (Lipinski definition) is 2. The third-order valence-electron chi connectivity index (χ3n) is 7.11. The van der Waals surface area contributed by atoms with Crippen LogP contribution in [0.1, 0.15) is 61.8 Å². The van der Waals surface area contributed by atoms with Crippen molar-refractivity contribution >= 4 is 34.8 Å². The Kier molecular flexibility index (Phi) is 7.98. The van der Waals surface area contributed by atoms with Crippen LogP contribution < -0.4 is 11.1 Å². The summed E-state index contributed by atoms with van der Waals surface area (Å²) in [7, 11) is 0. The fraction of sp³-hybridized carbons (Fsp3) is 0.303. The van der Waals surface area contributed by atoms with Gasteiger partial charge in [-0.1, -0.05) is 36.4 Å². The molecule has 1 aliphatic rings. The first kappa shape index (κ1) is 30.4. The molecule has 44 heavy (non-hydrogen) atoms. The lowest BCUT2D eigenvalue weighted by atomic mass is 9.97. The maximum absolute atomic E-state index is 14.5. The maximum Gasteiger partial charge on any atom is 0.408 e. The molecular weight excluding hydrogens is 565 g/mol. The standard InChI is InChI=1S/C33H34FN5O5/c1-32(2,3)44-31(42)38-33(4,5)29(41)43-18-22-10-12-23(34)15-24(22)19-11-13-26-25(14-19)27(37-30(35)36-26)28(40)39-16-20-8-6-7-9-21(20)17-39/h6-15H,16-18H2,1-5H3,(H,38,42)(H2,35,36,37). The minimum Gasteiger partial charge on any atom is -0.459 e. The van der Waals surface area contributed by atoms with E-state index in [2.05, 4.69) is 15.3 Å². The average molecular weight is 600 g/mol. The number of esters is 1. The Hall–Kier alpha value is -5.06. The van der Waals surface area contributed by atoms with Gasteiger partial charge in [-0.25, -0.2) is 23.9 Å². The summed E-state index contributed by atoms with van der Waals surface area (Å²) in [6.07, 6.45) is -0.760. The van der Waals surface area contributed by atoms with Gasteiger partial charge < -0.3 is 25.4 Å². The molecule has 2 amide bonds. The van der Waals surface area contributed by atoms with Gasteiger partial charge in [0.1, 0.15) is 29.3 Å². The summed E-state index contributed by atoms with van der Waals surface area (Å²) in [5.74, 6) is -1.54. The molecule has 0 unspecified atom stereocenters. The quantitative estimate of drug-likeness (QED) is 0.277. The van der Waals surface area contributed by atoms with E-state index < -0.39 is 29.0 Å². The molecular formula is C33H34FN5O5. The monoisotopic (exact) mass is 599 g/mol. The predicted molar refractivity (Wildman–Crippen MR) is 163 cm³/mol. The van der Waals surface area contributed by atoms with E-state index in [9.17, 15) is 18.8 Å². The van der Waals surface area contributed by atoms with Gasteiger partial charge in [-0.2, -0.15) is 0 Å². The molecule has 0 atom stereocenters. The number of alkyl carbamates (subject to hydrolysis) is 1. The largest absolute Gasteiger partial charge is 0.459 e. The molecule has 10 nitrogen and oxygen atoms in total. The second kappa shape index (κ2) is 11.6. The highest BCUT2D eigenvalue weighted by Crippen LogP contribution is 2.31. The SMILES string of the molecule is CC(C)(C)OC(=O)NC(C)(C)C(=O)OCc1ccc(F)cc1-c1ccc2nc(N)nc(C(=O)N3Cc4ccccc4C3)c2c1. The van der Waals surface area contributed by atoms with Crippen LogP contribution in [0.3, 0.4) is 0 Å². The van der Waals surface area contributed by atoms with E-state index in [1.54, 1.807) is 43.9 Å². The van der Waals surface area contributed by atoms with Gasteiger partial charge in [0.2, 0.25) is 5.95 Å². The molecule has 1 aromatic heterocycles. The molecule has 0 spiro atoms. The Morgan fingerprint density at radius 3 is 2.30 bits per heavy atom. The third-order valence-corrected chi connectivity index (χ3v) is 7.11. The number of ether oxygens (including phenoxy) is 2. The van der Waals surface area contributed by atoms with Crippen molar-refractivity contribution in [2.24, 2.45) is 0 Å². The van der Waals surface area contributed by atoms with Gasteiger partial charge in [-0.15, -0.1) is 0 Å². The van der Waals surface area contributed by atoms with Crippen molar-refractivity contribution in [2.45, 2.75) is 65.5 Å². The van der Waals surface area contributed by atoms with Crippen LogP contribution >= 0.6 is 0 Å².